The van der Waals surface area contributed by atoms with Crippen molar-refractivity contribution in [2.45, 2.75) is 6.92 Å². The van der Waals surface area contributed by atoms with Crippen LogP contribution in [0.3, 0.4) is 0 Å². The zero-order chi connectivity index (χ0) is 11.5. The Balaban J connectivity index is 2.34. The van der Waals surface area contributed by atoms with Crippen molar-refractivity contribution in [2.75, 3.05) is 11.1 Å². The van der Waals surface area contributed by atoms with Gasteiger partial charge in [-0.25, -0.2) is 0 Å². The number of hydrogen-bond acceptors (Lipinski definition) is 3. The lowest BCUT2D eigenvalue weighted by Gasteiger charge is -2.11. The zero-order valence-corrected chi connectivity index (χ0v) is 10.5. The van der Waals surface area contributed by atoms with Gasteiger partial charge in [-0.05, 0) is 46.6 Å². The van der Waals surface area contributed by atoms with Gasteiger partial charge in [-0.3, -0.25) is 4.98 Å². The predicted octanol–water partition coefficient (Wildman–Crippen LogP) is 3.48. The first-order valence-corrected chi connectivity index (χ1v) is 5.69. The predicted molar refractivity (Wildman–Crippen MR) is 70.8 cm³/mol. The SMILES string of the molecule is Cc1ccc(Br)c(Nc2ccncc2N)c1. The number of rotatable bonds is 2. The molecule has 0 atom stereocenters. The molecule has 1 heterocycles. The number of halogens is 1. The molecular formula is C12H12BrN3. The summed E-state index contributed by atoms with van der Waals surface area (Å²) in [6.07, 6.45) is 3.34. The van der Waals surface area contributed by atoms with Gasteiger partial charge in [0.1, 0.15) is 0 Å². The number of anilines is 3. The van der Waals surface area contributed by atoms with Gasteiger partial charge in [-0.2, -0.15) is 0 Å². The topological polar surface area (TPSA) is 50.9 Å². The summed E-state index contributed by atoms with van der Waals surface area (Å²) < 4.78 is 1.01. The molecule has 4 heteroatoms. The average Bonchev–Trinajstić information content (AvgIpc) is 2.27. The molecule has 0 radical (unpaired) electrons. The van der Waals surface area contributed by atoms with E-state index < -0.39 is 0 Å². The maximum Gasteiger partial charge on any atom is 0.0739 e. The Bertz CT molecular complexity index is 511. The Morgan fingerprint density at radius 2 is 2.06 bits per heavy atom. The number of benzene rings is 1. The minimum Gasteiger partial charge on any atom is -0.396 e. The molecule has 0 saturated heterocycles. The van der Waals surface area contributed by atoms with Gasteiger partial charge in [-0.15, -0.1) is 0 Å². The molecular weight excluding hydrogens is 266 g/mol. The standard InChI is InChI=1S/C12H12BrN3/c1-8-2-3-9(13)12(6-8)16-11-4-5-15-7-10(11)14/h2-7H,14H2,1H3,(H,15,16). The molecule has 0 spiro atoms. The third-order valence-electron chi connectivity index (χ3n) is 2.24. The Morgan fingerprint density at radius 1 is 1.25 bits per heavy atom. The summed E-state index contributed by atoms with van der Waals surface area (Å²) in [5, 5.41) is 3.27. The zero-order valence-electron chi connectivity index (χ0n) is 8.87. The van der Waals surface area contributed by atoms with Crippen molar-refractivity contribution >= 4 is 33.0 Å². The van der Waals surface area contributed by atoms with Gasteiger partial charge in [-0.1, -0.05) is 6.07 Å². The largest absolute Gasteiger partial charge is 0.396 e. The third-order valence-corrected chi connectivity index (χ3v) is 2.93. The Kier molecular flexibility index (Phi) is 3.10. The fourth-order valence-corrected chi connectivity index (χ4v) is 1.75. The van der Waals surface area contributed by atoms with Gasteiger partial charge in [0.2, 0.25) is 0 Å². The molecule has 0 aliphatic rings. The second kappa shape index (κ2) is 4.53. The number of nitrogens with zero attached hydrogens (tertiary/aromatic N) is 1. The number of nitrogens with one attached hydrogen (secondary N) is 1. The first-order chi connectivity index (χ1) is 7.66. The van der Waals surface area contributed by atoms with Gasteiger partial charge >= 0.3 is 0 Å². The molecule has 2 aromatic rings. The highest BCUT2D eigenvalue weighted by molar-refractivity contribution is 9.10. The molecule has 16 heavy (non-hydrogen) atoms. The molecule has 1 aromatic heterocycles. The molecule has 2 rings (SSSR count). The number of pyridine rings is 1. The summed E-state index contributed by atoms with van der Waals surface area (Å²) in [6.45, 7) is 2.05. The fourth-order valence-electron chi connectivity index (χ4n) is 1.40. The van der Waals surface area contributed by atoms with Gasteiger partial charge in [0.25, 0.3) is 0 Å². The number of nitrogen functional groups attached to an aromatic ring is 1. The Hall–Kier alpha value is -1.55. The molecule has 0 aliphatic carbocycles. The summed E-state index contributed by atoms with van der Waals surface area (Å²) >= 11 is 3.49. The van der Waals surface area contributed by atoms with Crippen LogP contribution in [-0.4, -0.2) is 4.98 Å². The molecule has 0 saturated carbocycles. The molecule has 3 N–H and O–H groups in total. The average molecular weight is 278 g/mol. The Labute approximate surface area is 103 Å². The number of hydrogen-bond donors (Lipinski definition) is 2. The molecule has 1 aromatic carbocycles. The maximum absolute atomic E-state index is 5.82. The normalized spacial score (nSPS) is 10.1. The summed E-state index contributed by atoms with van der Waals surface area (Å²) in [7, 11) is 0. The quantitative estimate of drug-likeness (QED) is 0.884. The van der Waals surface area contributed by atoms with Crippen LogP contribution in [0.2, 0.25) is 0 Å². The van der Waals surface area contributed by atoms with E-state index in [4.69, 9.17) is 5.73 Å². The van der Waals surface area contributed by atoms with E-state index in [1.54, 1.807) is 12.4 Å². The van der Waals surface area contributed by atoms with Crippen LogP contribution in [0.25, 0.3) is 0 Å². The van der Waals surface area contributed by atoms with Crippen LogP contribution in [0.15, 0.2) is 41.1 Å². The van der Waals surface area contributed by atoms with Gasteiger partial charge in [0, 0.05) is 10.7 Å². The van der Waals surface area contributed by atoms with Crippen molar-refractivity contribution < 1.29 is 0 Å². The molecule has 0 bridgehead atoms. The van der Waals surface area contributed by atoms with E-state index in [0.717, 1.165) is 15.8 Å². The Morgan fingerprint density at radius 3 is 2.81 bits per heavy atom. The van der Waals surface area contributed by atoms with Gasteiger partial charge < -0.3 is 11.1 Å². The number of aryl methyl sites for hydroxylation is 1. The van der Waals surface area contributed by atoms with Crippen molar-refractivity contribution in [1.82, 2.24) is 4.98 Å². The highest BCUT2D eigenvalue weighted by atomic mass is 79.9. The van der Waals surface area contributed by atoms with Gasteiger partial charge in [0.15, 0.2) is 0 Å². The van der Waals surface area contributed by atoms with Crippen LogP contribution in [-0.2, 0) is 0 Å². The van der Waals surface area contributed by atoms with Crippen LogP contribution >= 0.6 is 15.9 Å². The summed E-state index contributed by atoms with van der Waals surface area (Å²) in [5.74, 6) is 0. The molecule has 0 unspecified atom stereocenters. The number of nitrogens with two attached hydrogens (primary N) is 1. The summed E-state index contributed by atoms with van der Waals surface area (Å²) in [4.78, 5) is 3.95. The monoisotopic (exact) mass is 277 g/mol. The van der Waals surface area contributed by atoms with E-state index in [1.165, 1.54) is 5.56 Å². The van der Waals surface area contributed by atoms with Crippen molar-refractivity contribution in [3.8, 4) is 0 Å². The molecule has 82 valence electrons. The minimum absolute atomic E-state index is 0.635. The van der Waals surface area contributed by atoms with E-state index in [0.29, 0.717) is 5.69 Å². The number of aromatic nitrogens is 1. The van der Waals surface area contributed by atoms with Crippen LogP contribution in [0.5, 0.6) is 0 Å². The lowest BCUT2D eigenvalue weighted by molar-refractivity contribution is 1.32. The minimum atomic E-state index is 0.635. The van der Waals surface area contributed by atoms with Crippen molar-refractivity contribution in [3.63, 3.8) is 0 Å². The van der Waals surface area contributed by atoms with Crippen molar-refractivity contribution in [3.05, 3.63) is 46.7 Å². The van der Waals surface area contributed by atoms with Crippen LogP contribution in [0, 0.1) is 6.92 Å². The second-order valence-electron chi connectivity index (χ2n) is 3.57. The lowest BCUT2D eigenvalue weighted by Crippen LogP contribution is -1.97. The third kappa shape index (κ3) is 2.33. The van der Waals surface area contributed by atoms with Crippen LogP contribution < -0.4 is 11.1 Å². The van der Waals surface area contributed by atoms with Crippen molar-refractivity contribution in [1.29, 1.82) is 0 Å². The molecule has 3 nitrogen and oxygen atoms in total. The first kappa shape index (κ1) is 11.0. The smallest absolute Gasteiger partial charge is 0.0739 e. The van der Waals surface area contributed by atoms with E-state index in [-0.39, 0.29) is 0 Å². The second-order valence-corrected chi connectivity index (χ2v) is 4.43. The van der Waals surface area contributed by atoms with E-state index in [1.807, 2.05) is 25.1 Å². The first-order valence-electron chi connectivity index (χ1n) is 4.89. The molecule has 0 aliphatic heterocycles. The summed E-state index contributed by atoms with van der Waals surface area (Å²) in [6, 6.07) is 7.97. The van der Waals surface area contributed by atoms with Crippen molar-refractivity contribution in [2.24, 2.45) is 0 Å². The van der Waals surface area contributed by atoms with Crippen LogP contribution in [0.4, 0.5) is 17.1 Å². The lowest BCUT2D eigenvalue weighted by atomic mass is 10.2. The molecule has 0 amide bonds. The van der Waals surface area contributed by atoms with E-state index >= 15 is 0 Å². The fraction of sp³-hybridized carbons (Fsp3) is 0.0833. The van der Waals surface area contributed by atoms with E-state index in [9.17, 15) is 0 Å². The highest BCUT2D eigenvalue weighted by Gasteiger charge is 2.02. The highest BCUT2D eigenvalue weighted by Crippen LogP contribution is 2.28. The maximum atomic E-state index is 5.82. The van der Waals surface area contributed by atoms with Crippen LogP contribution in [0.1, 0.15) is 5.56 Å². The molecule has 0 fully saturated rings. The summed E-state index contributed by atoms with van der Waals surface area (Å²) in [5.41, 5.74) is 9.50. The van der Waals surface area contributed by atoms with E-state index in [2.05, 4.69) is 32.3 Å². The van der Waals surface area contributed by atoms with Gasteiger partial charge in [0.05, 0.1) is 23.3 Å².